The lowest BCUT2D eigenvalue weighted by molar-refractivity contribution is -0.134. The number of fused-ring (bicyclic) bond motifs is 1. The molecule has 0 radical (unpaired) electrons. The number of carbonyl (C=O) groups is 1. The van der Waals surface area contributed by atoms with Crippen LogP contribution in [0.3, 0.4) is 0 Å². The number of halogens is 1. The predicted molar refractivity (Wildman–Crippen MR) is 160 cm³/mol. The number of anilines is 1. The van der Waals surface area contributed by atoms with Crippen LogP contribution in [-0.2, 0) is 31.3 Å². The normalized spacial score (nSPS) is 18.7. The minimum Gasteiger partial charge on any atom is -0.488 e. The number of ether oxygens (including phenoxy) is 1. The molecule has 1 amide bonds. The lowest BCUT2D eigenvalue weighted by Crippen LogP contribution is -2.48. The highest BCUT2D eigenvalue weighted by Gasteiger charge is 2.33. The van der Waals surface area contributed by atoms with E-state index in [-0.39, 0.29) is 53.4 Å². The van der Waals surface area contributed by atoms with Crippen molar-refractivity contribution in [3.63, 3.8) is 0 Å². The second-order valence-corrected chi connectivity index (χ2v) is 14.6. The molecule has 232 valence electrons. The summed E-state index contributed by atoms with van der Waals surface area (Å²) in [7, 11) is -6.45. The van der Waals surface area contributed by atoms with Gasteiger partial charge in [0, 0.05) is 30.8 Å². The molecular weight excluding hydrogens is 597 g/mol. The highest BCUT2D eigenvalue weighted by molar-refractivity contribution is 7.92. The number of benzene rings is 3. The van der Waals surface area contributed by atoms with Crippen molar-refractivity contribution in [3.8, 4) is 5.75 Å². The molecule has 0 bridgehead atoms. The molecule has 0 unspecified atom stereocenters. The van der Waals surface area contributed by atoms with Crippen molar-refractivity contribution < 1.29 is 35.9 Å². The van der Waals surface area contributed by atoms with Gasteiger partial charge in [0.2, 0.25) is 15.9 Å². The van der Waals surface area contributed by atoms with E-state index in [1.54, 1.807) is 31.2 Å². The van der Waals surface area contributed by atoms with Crippen LogP contribution in [0.2, 0.25) is 0 Å². The first-order valence-corrected chi connectivity index (χ1v) is 16.6. The van der Waals surface area contributed by atoms with Crippen molar-refractivity contribution in [1.82, 2.24) is 9.21 Å². The predicted octanol–water partition coefficient (Wildman–Crippen LogP) is 3.40. The number of amides is 1. The zero-order valence-electron chi connectivity index (χ0n) is 24.4. The molecule has 13 heteroatoms. The molecule has 10 nitrogen and oxygen atoms in total. The summed E-state index contributed by atoms with van der Waals surface area (Å²) in [5.74, 6) is -0.932. The van der Waals surface area contributed by atoms with Gasteiger partial charge < -0.3 is 14.7 Å². The van der Waals surface area contributed by atoms with Crippen LogP contribution in [0.1, 0.15) is 25.0 Å². The molecule has 1 heterocycles. The number of hydrogen-bond donors (Lipinski definition) is 2. The molecule has 0 saturated heterocycles. The SMILES string of the molecule is Cc1ccc(S(=O)(=O)N(C)C[C@H]2Oc3ccc(NS(=O)(=O)c4ccc(F)cc4)cc3CC(=O)N([C@H](C)CO)C[C@H]2C)cc1. The van der Waals surface area contributed by atoms with Gasteiger partial charge >= 0.3 is 0 Å². The Morgan fingerprint density at radius 3 is 2.30 bits per heavy atom. The molecular formula is C30H36FN3O7S2. The smallest absolute Gasteiger partial charge is 0.261 e. The van der Waals surface area contributed by atoms with Gasteiger partial charge in [-0.05, 0) is 68.4 Å². The van der Waals surface area contributed by atoms with Gasteiger partial charge in [-0.1, -0.05) is 24.6 Å². The average molecular weight is 634 g/mol. The topological polar surface area (TPSA) is 133 Å². The van der Waals surface area contributed by atoms with Crippen molar-refractivity contribution in [3.05, 3.63) is 83.7 Å². The zero-order valence-corrected chi connectivity index (χ0v) is 26.0. The monoisotopic (exact) mass is 633 g/mol. The van der Waals surface area contributed by atoms with E-state index in [9.17, 15) is 31.1 Å². The van der Waals surface area contributed by atoms with Gasteiger partial charge in [0.15, 0.2) is 0 Å². The number of aliphatic hydroxyl groups is 1. The molecule has 3 atom stereocenters. The molecule has 0 spiro atoms. The number of likely N-dealkylation sites (N-methyl/N-ethyl adjacent to an activating group) is 1. The van der Waals surface area contributed by atoms with Crippen molar-refractivity contribution in [2.45, 2.75) is 49.1 Å². The fourth-order valence-corrected chi connectivity index (χ4v) is 7.01. The van der Waals surface area contributed by atoms with Gasteiger partial charge in [0.25, 0.3) is 10.0 Å². The lowest BCUT2D eigenvalue weighted by atomic mass is 10.0. The fraction of sp³-hybridized carbons (Fsp3) is 0.367. The highest BCUT2D eigenvalue weighted by Crippen LogP contribution is 2.30. The Morgan fingerprint density at radius 1 is 1.05 bits per heavy atom. The van der Waals surface area contributed by atoms with Crippen LogP contribution in [0.4, 0.5) is 10.1 Å². The summed E-state index contributed by atoms with van der Waals surface area (Å²) >= 11 is 0. The van der Waals surface area contributed by atoms with Crippen molar-refractivity contribution >= 4 is 31.6 Å². The largest absolute Gasteiger partial charge is 0.488 e. The standard InChI is InChI=1S/C30H36FN3O7S2/c1-20-5-10-27(11-6-20)43(39,40)33(4)18-29-21(2)17-34(22(3)19-35)30(36)16-23-15-25(9-14-28(23)41-29)32-42(37,38)26-12-7-24(31)8-13-26/h5-15,21-22,29,32,35H,16-19H2,1-4H3/t21-,22-,29-/m1/s1. The maximum atomic E-state index is 13.5. The molecule has 1 aliphatic heterocycles. The molecule has 3 aromatic carbocycles. The quantitative estimate of drug-likeness (QED) is 0.369. The van der Waals surface area contributed by atoms with Crippen LogP contribution in [0, 0.1) is 18.7 Å². The third-order valence-electron chi connectivity index (χ3n) is 7.46. The zero-order chi connectivity index (χ0) is 31.5. The van der Waals surface area contributed by atoms with Crippen LogP contribution in [0.25, 0.3) is 0 Å². The summed E-state index contributed by atoms with van der Waals surface area (Å²) in [5.41, 5.74) is 1.46. The second-order valence-electron chi connectivity index (χ2n) is 10.9. The van der Waals surface area contributed by atoms with Gasteiger partial charge in [-0.15, -0.1) is 0 Å². The summed E-state index contributed by atoms with van der Waals surface area (Å²) in [6.07, 6.45) is -0.854. The number of aryl methyl sites for hydroxylation is 1. The number of sulfonamides is 2. The third kappa shape index (κ3) is 7.53. The van der Waals surface area contributed by atoms with Gasteiger partial charge in [-0.2, -0.15) is 4.31 Å². The number of aliphatic hydroxyl groups excluding tert-OH is 1. The first-order chi connectivity index (χ1) is 20.2. The molecule has 0 aliphatic carbocycles. The Labute approximate surface area is 252 Å². The van der Waals surface area contributed by atoms with E-state index in [0.29, 0.717) is 11.3 Å². The maximum Gasteiger partial charge on any atom is 0.261 e. The number of nitrogens with one attached hydrogen (secondary N) is 1. The van der Waals surface area contributed by atoms with E-state index in [4.69, 9.17) is 4.74 Å². The van der Waals surface area contributed by atoms with Crippen LogP contribution in [0.5, 0.6) is 5.75 Å². The van der Waals surface area contributed by atoms with Crippen molar-refractivity contribution in [2.75, 3.05) is 31.5 Å². The molecule has 43 heavy (non-hydrogen) atoms. The molecule has 1 aliphatic rings. The molecule has 3 aromatic rings. The van der Waals surface area contributed by atoms with Gasteiger partial charge in [-0.3, -0.25) is 9.52 Å². The second kappa shape index (κ2) is 13.0. The number of rotatable bonds is 9. The molecule has 2 N–H and O–H groups in total. The van der Waals surface area contributed by atoms with Crippen molar-refractivity contribution in [2.24, 2.45) is 5.92 Å². The van der Waals surface area contributed by atoms with E-state index < -0.39 is 38.0 Å². The average Bonchev–Trinajstić information content (AvgIpc) is 3.00. The van der Waals surface area contributed by atoms with Crippen LogP contribution in [-0.4, -0.2) is 75.9 Å². The third-order valence-corrected chi connectivity index (χ3v) is 10.7. The molecule has 0 fully saturated rings. The van der Waals surface area contributed by atoms with Gasteiger partial charge in [-0.25, -0.2) is 21.2 Å². The first kappa shape index (κ1) is 32.4. The number of carbonyl (C=O) groups excluding carboxylic acids is 1. The first-order valence-electron chi connectivity index (χ1n) is 13.7. The van der Waals surface area contributed by atoms with Crippen molar-refractivity contribution in [1.29, 1.82) is 0 Å². The van der Waals surface area contributed by atoms with Gasteiger partial charge in [0.05, 0.1) is 35.4 Å². The van der Waals surface area contributed by atoms with E-state index in [1.165, 1.54) is 34.5 Å². The Hall–Kier alpha value is -3.52. The molecule has 0 saturated carbocycles. The summed E-state index contributed by atoms with van der Waals surface area (Å²) in [5, 5.41) is 9.87. The Balaban J connectivity index is 1.68. The summed E-state index contributed by atoms with van der Waals surface area (Å²) in [4.78, 5) is 15.0. The van der Waals surface area contributed by atoms with E-state index in [0.717, 1.165) is 29.8 Å². The summed E-state index contributed by atoms with van der Waals surface area (Å²) < 4.78 is 75.9. The Morgan fingerprint density at radius 2 is 1.67 bits per heavy atom. The molecule has 4 rings (SSSR count). The van der Waals surface area contributed by atoms with E-state index >= 15 is 0 Å². The lowest BCUT2D eigenvalue weighted by Gasteiger charge is -2.33. The Bertz CT molecular complexity index is 1660. The van der Waals surface area contributed by atoms with E-state index in [2.05, 4.69) is 4.72 Å². The number of hydrogen-bond acceptors (Lipinski definition) is 7. The summed E-state index contributed by atoms with van der Waals surface area (Å²) in [6, 6.07) is 14.9. The van der Waals surface area contributed by atoms with Gasteiger partial charge in [0.1, 0.15) is 17.7 Å². The maximum absolute atomic E-state index is 13.5. The fourth-order valence-electron chi connectivity index (χ4n) is 4.78. The minimum atomic E-state index is -4.06. The minimum absolute atomic E-state index is 0.0364. The number of nitrogens with zero attached hydrogens (tertiary/aromatic N) is 2. The van der Waals surface area contributed by atoms with Crippen LogP contribution in [0.15, 0.2) is 76.5 Å². The Kier molecular flexibility index (Phi) is 9.79. The van der Waals surface area contributed by atoms with E-state index in [1.807, 2.05) is 13.8 Å². The summed E-state index contributed by atoms with van der Waals surface area (Å²) in [6.45, 7) is 5.30. The highest BCUT2D eigenvalue weighted by atomic mass is 32.2. The van der Waals surface area contributed by atoms with Crippen LogP contribution >= 0.6 is 0 Å². The van der Waals surface area contributed by atoms with Crippen LogP contribution < -0.4 is 9.46 Å². The molecule has 0 aromatic heterocycles.